The van der Waals surface area contributed by atoms with Crippen LogP contribution in [-0.4, -0.2) is 26.8 Å². The van der Waals surface area contributed by atoms with E-state index in [0.717, 1.165) is 28.4 Å². The number of hydrogen-bond donors (Lipinski definition) is 1. The lowest BCUT2D eigenvalue weighted by Crippen LogP contribution is -2.27. The highest BCUT2D eigenvalue weighted by atomic mass is 32.1. The molecule has 2 aromatic heterocycles. The van der Waals surface area contributed by atoms with Gasteiger partial charge in [0.1, 0.15) is 18.4 Å². The highest BCUT2D eigenvalue weighted by molar-refractivity contribution is 7.12. The zero-order valence-corrected chi connectivity index (χ0v) is 11.6. The summed E-state index contributed by atoms with van der Waals surface area (Å²) in [6, 6.07) is 2.05. The number of amides is 1. The number of aromatic nitrogens is 2. The second-order valence-corrected chi connectivity index (χ2v) is 5.05. The first-order chi connectivity index (χ1) is 9.97. The molecule has 10 heteroatoms. The number of nitrogens with one attached hydrogen (secondary N) is 1. The van der Waals surface area contributed by atoms with Crippen LogP contribution in [-0.2, 0) is 4.79 Å². The Labute approximate surface area is 122 Å². The number of nitrogens with zero attached hydrogens (tertiary/aromatic N) is 4. The van der Waals surface area contributed by atoms with Crippen LogP contribution in [0.2, 0.25) is 0 Å². The highest BCUT2D eigenvalue weighted by Gasteiger charge is 2.18. The lowest BCUT2D eigenvalue weighted by Gasteiger charge is -2.08. The van der Waals surface area contributed by atoms with Crippen molar-refractivity contribution in [2.24, 2.45) is 5.10 Å². The molecular formula is C11H10FN5O3S. The van der Waals surface area contributed by atoms with E-state index in [1.54, 1.807) is 0 Å². The molecule has 0 spiro atoms. The van der Waals surface area contributed by atoms with Gasteiger partial charge in [0.15, 0.2) is 5.13 Å². The van der Waals surface area contributed by atoms with Crippen molar-refractivity contribution in [2.45, 2.75) is 13.0 Å². The van der Waals surface area contributed by atoms with Gasteiger partial charge in [0.2, 0.25) is 0 Å². The lowest BCUT2D eigenvalue weighted by atomic mass is 10.3. The minimum absolute atomic E-state index is 0.202. The third-order valence-electron chi connectivity index (χ3n) is 2.54. The van der Waals surface area contributed by atoms with Crippen molar-refractivity contribution in [3.05, 3.63) is 44.6 Å². The number of nitro groups is 1. The van der Waals surface area contributed by atoms with E-state index in [2.05, 4.69) is 15.6 Å². The predicted molar refractivity (Wildman–Crippen MR) is 73.6 cm³/mol. The predicted octanol–water partition coefficient (Wildman–Crippen LogP) is 1.70. The first kappa shape index (κ1) is 14.8. The Morgan fingerprint density at radius 2 is 2.43 bits per heavy atom. The highest BCUT2D eigenvalue weighted by Crippen LogP contribution is 2.13. The molecule has 0 aliphatic carbocycles. The van der Waals surface area contributed by atoms with E-state index in [1.165, 1.54) is 25.3 Å². The molecule has 0 saturated carbocycles. The topological polar surface area (TPSA) is 102 Å². The van der Waals surface area contributed by atoms with E-state index >= 15 is 0 Å². The molecule has 0 bridgehead atoms. The third-order valence-corrected chi connectivity index (χ3v) is 3.34. The number of hydrazone groups is 1. The van der Waals surface area contributed by atoms with Gasteiger partial charge < -0.3 is 0 Å². The molecule has 2 rings (SSSR count). The first-order valence-electron chi connectivity index (χ1n) is 5.74. The fraction of sp³-hybridized carbons (Fsp3) is 0.182. The van der Waals surface area contributed by atoms with Crippen LogP contribution in [0.5, 0.6) is 0 Å². The van der Waals surface area contributed by atoms with E-state index < -0.39 is 16.9 Å². The van der Waals surface area contributed by atoms with Crippen molar-refractivity contribution in [1.29, 1.82) is 0 Å². The minimum atomic E-state index is -0.768. The summed E-state index contributed by atoms with van der Waals surface area (Å²) < 4.78 is 13.9. The molecule has 1 amide bonds. The van der Waals surface area contributed by atoms with Gasteiger partial charge in [0.25, 0.3) is 5.91 Å². The van der Waals surface area contributed by atoms with E-state index in [9.17, 15) is 19.3 Å². The smallest absolute Gasteiger partial charge is 0.271 e. The van der Waals surface area contributed by atoms with Crippen LogP contribution in [0.15, 0.2) is 29.6 Å². The van der Waals surface area contributed by atoms with Gasteiger partial charge in [0.05, 0.1) is 16.0 Å². The fourth-order valence-electron chi connectivity index (χ4n) is 1.40. The molecule has 1 atom stereocenters. The number of carbonyl (C=O) groups is 1. The van der Waals surface area contributed by atoms with Gasteiger partial charge in [-0.15, -0.1) is 11.3 Å². The Balaban J connectivity index is 1.95. The largest absolute Gasteiger partial charge is 0.307 e. The summed E-state index contributed by atoms with van der Waals surface area (Å²) in [5.74, 6) is -0.499. The summed E-state index contributed by atoms with van der Waals surface area (Å²) in [6.07, 6.45) is 3.52. The van der Waals surface area contributed by atoms with E-state index in [0.29, 0.717) is 4.88 Å². The van der Waals surface area contributed by atoms with Crippen LogP contribution in [0.4, 0.5) is 10.1 Å². The maximum absolute atomic E-state index is 12.7. The molecule has 0 aromatic carbocycles. The molecule has 0 fully saturated rings. The Kier molecular flexibility index (Phi) is 4.38. The number of hydrogen-bond acceptors (Lipinski definition) is 6. The van der Waals surface area contributed by atoms with Gasteiger partial charge in [-0.05, 0) is 19.1 Å². The van der Waals surface area contributed by atoms with Gasteiger partial charge in [-0.1, -0.05) is 0 Å². The van der Waals surface area contributed by atoms with Crippen LogP contribution in [0, 0.1) is 15.2 Å². The van der Waals surface area contributed by atoms with Gasteiger partial charge in [-0.3, -0.25) is 19.6 Å². The summed E-state index contributed by atoms with van der Waals surface area (Å²) >= 11 is 0.891. The van der Waals surface area contributed by atoms with E-state index in [1.807, 2.05) is 0 Å². The van der Waals surface area contributed by atoms with Gasteiger partial charge in [-0.2, -0.15) is 14.6 Å². The van der Waals surface area contributed by atoms with Crippen molar-refractivity contribution < 1.29 is 14.1 Å². The number of halogens is 1. The molecule has 0 unspecified atom stereocenters. The summed E-state index contributed by atoms with van der Waals surface area (Å²) in [5, 5.41) is 17.6. The zero-order valence-electron chi connectivity index (χ0n) is 10.8. The Bertz CT molecular complexity index is 696. The number of rotatable bonds is 5. The van der Waals surface area contributed by atoms with Crippen LogP contribution in [0.1, 0.15) is 17.8 Å². The molecule has 0 radical (unpaired) electrons. The maximum Gasteiger partial charge on any atom is 0.307 e. The van der Waals surface area contributed by atoms with Crippen LogP contribution in [0.25, 0.3) is 0 Å². The molecule has 8 nitrogen and oxygen atoms in total. The van der Waals surface area contributed by atoms with Crippen molar-refractivity contribution in [2.75, 3.05) is 0 Å². The fourth-order valence-corrected chi connectivity index (χ4v) is 2.01. The van der Waals surface area contributed by atoms with Crippen molar-refractivity contribution in [1.82, 2.24) is 15.2 Å². The molecule has 110 valence electrons. The average molecular weight is 311 g/mol. The summed E-state index contributed by atoms with van der Waals surface area (Å²) in [7, 11) is 0. The molecule has 0 saturated heterocycles. The summed E-state index contributed by atoms with van der Waals surface area (Å²) in [5.41, 5.74) is 2.06. The minimum Gasteiger partial charge on any atom is -0.271 e. The molecular weight excluding hydrogens is 301 g/mol. The molecule has 0 aliphatic rings. The van der Waals surface area contributed by atoms with Crippen molar-refractivity contribution >= 4 is 29.1 Å². The maximum atomic E-state index is 12.7. The van der Waals surface area contributed by atoms with Crippen molar-refractivity contribution in [3.63, 3.8) is 0 Å². The molecule has 21 heavy (non-hydrogen) atoms. The molecule has 1 N–H and O–H groups in total. The summed E-state index contributed by atoms with van der Waals surface area (Å²) in [4.78, 5) is 22.3. The van der Waals surface area contributed by atoms with Crippen LogP contribution in [0.3, 0.4) is 0 Å². The van der Waals surface area contributed by atoms with Crippen LogP contribution >= 0.6 is 11.3 Å². The Morgan fingerprint density at radius 1 is 1.67 bits per heavy atom. The SMILES string of the molecule is C[C@@H](C(=O)N/N=C\c1ccc(F)s1)n1cc([N+](=O)[O-])cn1. The van der Waals surface area contributed by atoms with Gasteiger partial charge in [-0.25, -0.2) is 5.43 Å². The second kappa shape index (κ2) is 6.22. The van der Waals surface area contributed by atoms with Gasteiger partial charge >= 0.3 is 5.69 Å². The summed E-state index contributed by atoms with van der Waals surface area (Å²) in [6.45, 7) is 1.52. The average Bonchev–Trinajstić information content (AvgIpc) is 3.07. The third kappa shape index (κ3) is 3.69. The van der Waals surface area contributed by atoms with Gasteiger partial charge in [0, 0.05) is 0 Å². The Hall–Kier alpha value is -2.62. The quantitative estimate of drug-likeness (QED) is 0.515. The normalized spacial score (nSPS) is 12.5. The standard InChI is InChI=1S/C11H10FN5O3S/c1-7(16-6-8(4-14-16)17(19)20)11(18)15-13-5-9-2-3-10(12)21-9/h2-7H,1H3,(H,15,18)/b13-5-/t7-/m0/s1. The molecule has 0 aliphatic heterocycles. The van der Waals surface area contributed by atoms with E-state index in [-0.39, 0.29) is 10.8 Å². The molecule has 2 aromatic rings. The zero-order chi connectivity index (χ0) is 15.4. The van der Waals surface area contributed by atoms with Crippen LogP contribution < -0.4 is 5.43 Å². The Morgan fingerprint density at radius 3 is 3.00 bits per heavy atom. The number of thiophene rings is 1. The first-order valence-corrected chi connectivity index (χ1v) is 6.56. The monoisotopic (exact) mass is 311 g/mol. The second-order valence-electron chi connectivity index (χ2n) is 3.99. The van der Waals surface area contributed by atoms with E-state index in [4.69, 9.17) is 0 Å². The number of carbonyl (C=O) groups excluding carboxylic acids is 1. The van der Waals surface area contributed by atoms with Crippen molar-refractivity contribution in [3.8, 4) is 0 Å². The lowest BCUT2D eigenvalue weighted by molar-refractivity contribution is -0.385. The molecule has 2 heterocycles.